The number of hydrogen-bond acceptors (Lipinski definition) is 4. The topological polar surface area (TPSA) is 59.9 Å². The molecule has 0 aromatic rings. The summed E-state index contributed by atoms with van der Waals surface area (Å²) in [5.41, 5.74) is -0.498. The Kier molecular flexibility index (Phi) is 8.16. The third kappa shape index (κ3) is 7.72. The van der Waals surface area contributed by atoms with Crippen LogP contribution in [-0.2, 0) is 9.47 Å². The van der Waals surface area contributed by atoms with Crippen molar-refractivity contribution in [2.75, 3.05) is 13.2 Å². The fourth-order valence-electron chi connectivity index (χ4n) is 1.83. The summed E-state index contributed by atoms with van der Waals surface area (Å²) >= 11 is 0. The maximum absolute atomic E-state index is 11.8. The van der Waals surface area contributed by atoms with Crippen molar-refractivity contribution in [2.45, 2.75) is 59.1 Å². The smallest absolute Gasteiger partial charge is 0.408 e. The van der Waals surface area contributed by atoms with Crippen LogP contribution in [0.15, 0.2) is 4.99 Å². The number of amides is 1. The summed E-state index contributed by atoms with van der Waals surface area (Å²) in [5, 5.41) is 2.86. The van der Waals surface area contributed by atoms with Gasteiger partial charge in [-0.3, -0.25) is 4.99 Å². The summed E-state index contributed by atoms with van der Waals surface area (Å²) in [6.07, 6.45) is 1.30. The molecule has 0 aromatic heterocycles. The van der Waals surface area contributed by atoms with E-state index in [-0.39, 0.29) is 23.0 Å². The van der Waals surface area contributed by atoms with Crippen molar-refractivity contribution in [3.05, 3.63) is 0 Å². The zero-order chi connectivity index (χ0) is 14.5. The van der Waals surface area contributed by atoms with Crippen LogP contribution in [0.3, 0.4) is 0 Å². The van der Waals surface area contributed by atoms with Crippen LogP contribution in [0.4, 0.5) is 4.79 Å². The highest BCUT2D eigenvalue weighted by molar-refractivity contribution is 8.93. The first kappa shape index (κ1) is 19.2. The molecule has 0 radical (unpaired) electrons. The summed E-state index contributed by atoms with van der Waals surface area (Å²) in [7, 11) is 0. The van der Waals surface area contributed by atoms with Gasteiger partial charge in [0.2, 0.25) is 5.90 Å². The van der Waals surface area contributed by atoms with Gasteiger partial charge in [0.25, 0.3) is 0 Å². The van der Waals surface area contributed by atoms with Crippen molar-refractivity contribution in [3.8, 4) is 0 Å². The van der Waals surface area contributed by atoms with Gasteiger partial charge in [-0.15, -0.1) is 17.0 Å². The molecule has 1 heterocycles. The number of carbonyl (C=O) groups is 1. The lowest BCUT2D eigenvalue weighted by Gasteiger charge is -2.26. The van der Waals surface area contributed by atoms with Crippen LogP contribution in [0.25, 0.3) is 0 Å². The minimum Gasteiger partial charge on any atom is -0.479 e. The van der Waals surface area contributed by atoms with Gasteiger partial charge in [-0.1, -0.05) is 13.8 Å². The van der Waals surface area contributed by atoms with Gasteiger partial charge in [-0.2, -0.15) is 0 Å². The third-order valence-electron chi connectivity index (χ3n) is 2.52. The molecule has 0 bridgehead atoms. The lowest BCUT2D eigenvalue weighted by atomic mass is 10.0. The minimum atomic E-state index is -0.498. The number of hydrogen-bond donors (Lipinski definition) is 1. The van der Waals surface area contributed by atoms with Crippen molar-refractivity contribution in [1.29, 1.82) is 0 Å². The van der Waals surface area contributed by atoms with Crippen LogP contribution in [-0.4, -0.2) is 36.8 Å². The second-order valence-corrected chi connectivity index (χ2v) is 6.25. The first-order valence-corrected chi connectivity index (χ1v) is 6.94. The Hall–Kier alpha value is -0.780. The number of ether oxygens (including phenoxy) is 2. The Morgan fingerprint density at radius 2 is 2.10 bits per heavy atom. The summed E-state index contributed by atoms with van der Waals surface area (Å²) in [6.45, 7) is 11.2. The predicted molar refractivity (Wildman–Crippen MR) is 85.8 cm³/mol. The molecule has 1 amide bonds. The largest absolute Gasteiger partial charge is 0.479 e. The minimum absolute atomic E-state index is 0. The van der Waals surface area contributed by atoms with Crippen molar-refractivity contribution < 1.29 is 14.3 Å². The zero-order valence-corrected chi connectivity index (χ0v) is 14.8. The highest BCUT2D eigenvalue weighted by Crippen LogP contribution is 2.12. The van der Waals surface area contributed by atoms with E-state index in [0.29, 0.717) is 18.4 Å². The van der Waals surface area contributed by atoms with E-state index in [1.54, 1.807) is 0 Å². The van der Waals surface area contributed by atoms with Crippen LogP contribution < -0.4 is 5.32 Å². The van der Waals surface area contributed by atoms with Gasteiger partial charge >= 0.3 is 6.09 Å². The van der Waals surface area contributed by atoms with Crippen molar-refractivity contribution >= 4 is 29.0 Å². The van der Waals surface area contributed by atoms with Crippen LogP contribution >= 0.6 is 17.0 Å². The van der Waals surface area contributed by atoms with E-state index in [9.17, 15) is 4.79 Å². The van der Waals surface area contributed by atoms with E-state index < -0.39 is 11.7 Å². The third-order valence-corrected chi connectivity index (χ3v) is 2.52. The molecular weight excluding hydrogens is 324 g/mol. The quantitative estimate of drug-likeness (QED) is 0.845. The summed E-state index contributed by atoms with van der Waals surface area (Å²) in [6, 6.07) is -0.199. The summed E-state index contributed by atoms with van der Waals surface area (Å²) in [4.78, 5) is 16.2. The number of carbonyl (C=O) groups excluding carboxylic acids is 1. The monoisotopic (exact) mass is 350 g/mol. The number of nitrogens with zero attached hydrogens (tertiary/aromatic N) is 1. The normalized spacial score (nSPS) is 16.6. The molecule has 5 nitrogen and oxygen atoms in total. The maximum atomic E-state index is 11.8. The number of rotatable bonds is 4. The molecule has 0 aromatic carbocycles. The standard InChI is InChI=1S/C14H26N2O3.BrH/c1-10(2)9-11(12-15-7-6-8-18-12)16-13(17)19-14(3,4)5;/h10-11H,6-9H2,1-5H3,(H,16,17);1H/t11-;/m0./s1. The molecule has 0 fully saturated rings. The van der Waals surface area contributed by atoms with Gasteiger partial charge in [0.05, 0.1) is 6.61 Å². The predicted octanol–water partition coefficient (Wildman–Crippen LogP) is 3.32. The number of alkyl carbamates (subject to hydrolysis) is 1. The van der Waals surface area contributed by atoms with Crippen LogP contribution in [0.5, 0.6) is 0 Å². The fourth-order valence-corrected chi connectivity index (χ4v) is 1.83. The summed E-state index contributed by atoms with van der Waals surface area (Å²) in [5.74, 6) is 1.07. The van der Waals surface area contributed by atoms with E-state index in [0.717, 1.165) is 19.4 Å². The van der Waals surface area contributed by atoms with Crippen LogP contribution in [0.1, 0.15) is 47.5 Å². The van der Waals surface area contributed by atoms with Crippen LogP contribution in [0.2, 0.25) is 0 Å². The number of nitrogens with one attached hydrogen (secondary N) is 1. The average molecular weight is 351 g/mol. The SMILES string of the molecule is Br.CC(C)C[C@H](NC(=O)OC(C)(C)C)C1=NCCCO1. The van der Waals surface area contributed by atoms with Crippen LogP contribution in [0, 0.1) is 5.92 Å². The molecule has 1 atom stereocenters. The molecule has 1 aliphatic heterocycles. The van der Waals surface area contributed by atoms with Gasteiger partial charge in [0.15, 0.2) is 0 Å². The summed E-state index contributed by atoms with van der Waals surface area (Å²) < 4.78 is 10.8. The van der Waals surface area contributed by atoms with E-state index in [2.05, 4.69) is 24.2 Å². The lowest BCUT2D eigenvalue weighted by molar-refractivity contribution is 0.0506. The Balaban J connectivity index is 0.00000361. The second kappa shape index (κ2) is 8.49. The second-order valence-electron chi connectivity index (χ2n) is 6.25. The Morgan fingerprint density at radius 1 is 1.45 bits per heavy atom. The van der Waals surface area contributed by atoms with E-state index in [1.807, 2.05) is 20.8 Å². The highest BCUT2D eigenvalue weighted by atomic mass is 79.9. The fraction of sp³-hybridized carbons (Fsp3) is 0.857. The molecular formula is C14H27BrN2O3. The zero-order valence-electron chi connectivity index (χ0n) is 13.1. The molecule has 6 heteroatoms. The van der Waals surface area contributed by atoms with Gasteiger partial charge in [0, 0.05) is 13.0 Å². The van der Waals surface area contributed by atoms with Gasteiger partial charge in [-0.05, 0) is 33.1 Å². The van der Waals surface area contributed by atoms with Gasteiger partial charge in [0.1, 0.15) is 11.6 Å². The molecule has 0 aliphatic carbocycles. The van der Waals surface area contributed by atoms with E-state index >= 15 is 0 Å². The van der Waals surface area contributed by atoms with E-state index in [4.69, 9.17) is 9.47 Å². The lowest BCUT2D eigenvalue weighted by Crippen LogP contribution is -2.45. The first-order chi connectivity index (χ1) is 8.78. The molecule has 0 unspecified atom stereocenters. The Bertz CT molecular complexity index is 338. The molecule has 0 spiro atoms. The maximum Gasteiger partial charge on any atom is 0.408 e. The Labute approximate surface area is 132 Å². The average Bonchev–Trinajstić information content (AvgIpc) is 2.26. The molecule has 0 saturated carbocycles. The highest BCUT2D eigenvalue weighted by Gasteiger charge is 2.25. The van der Waals surface area contributed by atoms with Gasteiger partial charge in [-0.25, -0.2) is 4.79 Å². The molecule has 1 N–H and O–H groups in total. The Morgan fingerprint density at radius 3 is 2.55 bits per heavy atom. The number of halogens is 1. The van der Waals surface area contributed by atoms with E-state index in [1.165, 1.54) is 0 Å². The van der Waals surface area contributed by atoms with Gasteiger partial charge < -0.3 is 14.8 Å². The molecule has 0 saturated heterocycles. The first-order valence-electron chi connectivity index (χ1n) is 6.94. The molecule has 20 heavy (non-hydrogen) atoms. The van der Waals surface area contributed by atoms with Crippen molar-refractivity contribution in [2.24, 2.45) is 10.9 Å². The molecule has 1 aliphatic rings. The van der Waals surface area contributed by atoms with Crippen molar-refractivity contribution in [3.63, 3.8) is 0 Å². The van der Waals surface area contributed by atoms with Crippen molar-refractivity contribution in [1.82, 2.24) is 5.32 Å². The molecule has 1 rings (SSSR count). The molecule has 118 valence electrons. The number of aliphatic imine (C=N–C) groups is 1.